The zero-order valence-electron chi connectivity index (χ0n) is 8.58. The molecule has 0 aliphatic carbocycles. The van der Waals surface area contributed by atoms with Crippen LogP contribution in [0.3, 0.4) is 0 Å². The third-order valence-corrected chi connectivity index (χ3v) is 3.03. The number of carbonyl (C=O) groups is 1. The van der Waals surface area contributed by atoms with Crippen LogP contribution in [0, 0.1) is 5.82 Å². The summed E-state index contributed by atoms with van der Waals surface area (Å²) in [5.74, 6) is -1.99. The van der Waals surface area contributed by atoms with Crippen molar-refractivity contribution >= 4 is 39.2 Å². The molecule has 0 aliphatic rings. The zero-order valence-corrected chi connectivity index (χ0v) is 10.9. The number of nitrogens with one attached hydrogen (secondary N) is 1. The molecule has 17 heavy (non-hydrogen) atoms. The van der Waals surface area contributed by atoms with Crippen molar-refractivity contribution in [2.24, 2.45) is 0 Å². The van der Waals surface area contributed by atoms with E-state index < -0.39 is 17.9 Å². The second kappa shape index (κ2) is 6.18. The first-order valence-corrected chi connectivity index (χ1v) is 5.99. The number of aliphatic hydroxyl groups excluding tert-OH is 1. The Kier molecular flexibility index (Phi) is 5.17. The first-order valence-electron chi connectivity index (χ1n) is 4.66. The highest BCUT2D eigenvalue weighted by atomic mass is 79.9. The molecule has 0 saturated heterocycles. The maximum atomic E-state index is 13.5. The third-order valence-electron chi connectivity index (χ3n) is 2.01. The summed E-state index contributed by atoms with van der Waals surface area (Å²) in [6.07, 6.45) is -0.878. The fourth-order valence-corrected chi connectivity index (χ4v) is 1.82. The van der Waals surface area contributed by atoms with E-state index >= 15 is 0 Å². The van der Waals surface area contributed by atoms with E-state index in [0.29, 0.717) is 0 Å². The topological polar surface area (TPSA) is 69.6 Å². The number of alkyl halides is 1. The Balaban J connectivity index is 3.04. The molecule has 1 aromatic rings. The number of hydrogen-bond acceptors (Lipinski definition) is 3. The molecular weight excluding hydrogens is 316 g/mol. The average Bonchev–Trinajstić information content (AvgIpc) is 2.28. The maximum absolute atomic E-state index is 13.5. The van der Waals surface area contributed by atoms with Gasteiger partial charge in [0.05, 0.1) is 23.2 Å². The summed E-state index contributed by atoms with van der Waals surface area (Å²) in [6.45, 7) is -0.0306. The molecule has 1 aromatic carbocycles. The number of halogens is 3. The van der Waals surface area contributed by atoms with Gasteiger partial charge in [0.15, 0.2) is 0 Å². The van der Waals surface area contributed by atoms with Gasteiger partial charge in [-0.05, 0) is 28.1 Å². The highest BCUT2D eigenvalue weighted by Crippen LogP contribution is 2.27. The molecule has 0 amide bonds. The molecule has 0 aromatic heterocycles. The van der Waals surface area contributed by atoms with Crippen molar-refractivity contribution in [3.63, 3.8) is 0 Å². The highest BCUT2D eigenvalue weighted by Gasteiger charge is 2.18. The molecule has 94 valence electrons. The van der Waals surface area contributed by atoms with Crippen LogP contribution in [0.4, 0.5) is 10.1 Å². The lowest BCUT2D eigenvalue weighted by Gasteiger charge is -2.14. The number of carboxylic acid groups (broad SMARTS) is 1. The van der Waals surface area contributed by atoms with Crippen molar-refractivity contribution in [2.45, 2.75) is 6.10 Å². The summed E-state index contributed by atoms with van der Waals surface area (Å²) in [5.41, 5.74) is -0.386. The van der Waals surface area contributed by atoms with Gasteiger partial charge in [-0.1, -0.05) is 0 Å². The lowest BCUT2D eigenvalue weighted by molar-refractivity contribution is 0.0696. The summed E-state index contributed by atoms with van der Waals surface area (Å²) in [6, 6.07) is 2.44. The molecule has 7 heteroatoms. The van der Waals surface area contributed by atoms with Crippen molar-refractivity contribution in [1.82, 2.24) is 0 Å². The first kappa shape index (κ1) is 14.2. The number of anilines is 1. The van der Waals surface area contributed by atoms with Crippen molar-refractivity contribution in [1.29, 1.82) is 0 Å². The molecule has 4 nitrogen and oxygen atoms in total. The van der Waals surface area contributed by atoms with Gasteiger partial charge in [-0.15, -0.1) is 11.6 Å². The van der Waals surface area contributed by atoms with Crippen LogP contribution in [0.1, 0.15) is 10.4 Å². The predicted octanol–water partition coefficient (Wildman–Crippen LogP) is 2.30. The number of benzene rings is 1. The minimum atomic E-state index is -1.26. The third kappa shape index (κ3) is 3.55. The van der Waals surface area contributed by atoms with Crippen LogP contribution in [0.15, 0.2) is 16.6 Å². The Morgan fingerprint density at radius 2 is 2.24 bits per heavy atom. The van der Waals surface area contributed by atoms with E-state index in [1.807, 2.05) is 0 Å². The van der Waals surface area contributed by atoms with Crippen LogP contribution in [-0.4, -0.2) is 34.7 Å². The van der Waals surface area contributed by atoms with Gasteiger partial charge in [-0.2, -0.15) is 0 Å². The van der Waals surface area contributed by atoms with E-state index in [4.69, 9.17) is 16.7 Å². The lowest BCUT2D eigenvalue weighted by atomic mass is 10.1. The van der Waals surface area contributed by atoms with Gasteiger partial charge >= 0.3 is 5.97 Å². The molecule has 0 heterocycles. The average molecular weight is 327 g/mol. The number of carboxylic acids is 1. The summed E-state index contributed by atoms with van der Waals surface area (Å²) < 4.78 is 13.7. The van der Waals surface area contributed by atoms with Gasteiger partial charge in [-0.25, -0.2) is 9.18 Å². The Bertz CT molecular complexity index is 430. The minimum absolute atomic E-state index is 0.0228. The molecule has 0 saturated carbocycles. The Morgan fingerprint density at radius 3 is 2.76 bits per heavy atom. The lowest BCUT2D eigenvalue weighted by Crippen LogP contribution is -2.22. The standard InChI is InChI=1S/C10H10BrClFNO3/c11-6-1-2-7(13)9(8(6)10(16)17)14-4-5(15)3-12/h1-2,5,14-15H,3-4H2,(H,16,17). The van der Waals surface area contributed by atoms with Crippen molar-refractivity contribution in [3.05, 3.63) is 28.0 Å². The number of aromatic carboxylic acids is 1. The molecule has 0 spiro atoms. The predicted molar refractivity (Wildman–Crippen MR) is 66.3 cm³/mol. The largest absolute Gasteiger partial charge is 0.478 e. The quantitative estimate of drug-likeness (QED) is 0.726. The van der Waals surface area contributed by atoms with E-state index in [9.17, 15) is 14.3 Å². The molecule has 3 N–H and O–H groups in total. The summed E-state index contributed by atoms with van der Waals surface area (Å²) in [5, 5.41) is 20.7. The fourth-order valence-electron chi connectivity index (χ4n) is 1.21. The highest BCUT2D eigenvalue weighted by molar-refractivity contribution is 9.10. The van der Waals surface area contributed by atoms with Crippen LogP contribution >= 0.6 is 27.5 Å². The van der Waals surface area contributed by atoms with Crippen LogP contribution in [0.2, 0.25) is 0 Å². The summed E-state index contributed by atoms with van der Waals surface area (Å²) in [4.78, 5) is 11.0. The van der Waals surface area contributed by atoms with Crippen LogP contribution in [0.25, 0.3) is 0 Å². The summed E-state index contributed by atoms with van der Waals surface area (Å²) >= 11 is 8.41. The van der Waals surface area contributed by atoms with Gasteiger partial charge in [-0.3, -0.25) is 0 Å². The molecule has 0 radical (unpaired) electrons. The number of rotatable bonds is 5. The molecule has 1 rings (SSSR count). The second-order valence-corrected chi connectivity index (χ2v) is 4.44. The van der Waals surface area contributed by atoms with E-state index in [1.54, 1.807) is 0 Å². The van der Waals surface area contributed by atoms with E-state index in [0.717, 1.165) is 6.07 Å². The minimum Gasteiger partial charge on any atom is -0.478 e. The van der Waals surface area contributed by atoms with Crippen molar-refractivity contribution in [2.75, 3.05) is 17.7 Å². The zero-order chi connectivity index (χ0) is 13.0. The van der Waals surface area contributed by atoms with E-state index in [-0.39, 0.29) is 28.1 Å². The number of hydrogen-bond donors (Lipinski definition) is 3. The van der Waals surface area contributed by atoms with E-state index in [2.05, 4.69) is 21.2 Å². The molecular formula is C10H10BrClFNO3. The van der Waals surface area contributed by atoms with Crippen LogP contribution in [0.5, 0.6) is 0 Å². The number of aliphatic hydroxyl groups is 1. The summed E-state index contributed by atoms with van der Waals surface area (Å²) in [7, 11) is 0. The SMILES string of the molecule is O=C(O)c1c(Br)ccc(F)c1NCC(O)CCl. The van der Waals surface area contributed by atoms with Gasteiger partial charge in [0.2, 0.25) is 0 Å². The van der Waals surface area contributed by atoms with Gasteiger partial charge in [0.1, 0.15) is 5.82 Å². The Hall–Kier alpha value is -0.850. The fraction of sp³-hybridized carbons (Fsp3) is 0.300. The van der Waals surface area contributed by atoms with Crippen LogP contribution in [-0.2, 0) is 0 Å². The first-order chi connectivity index (χ1) is 7.97. The Labute approximate surface area is 111 Å². The van der Waals surface area contributed by atoms with Gasteiger partial charge in [0, 0.05) is 11.0 Å². The van der Waals surface area contributed by atoms with Crippen molar-refractivity contribution in [3.8, 4) is 0 Å². The molecule has 0 fully saturated rings. The molecule has 1 atom stereocenters. The molecule has 0 bridgehead atoms. The molecule has 0 aliphatic heterocycles. The Morgan fingerprint density at radius 1 is 1.59 bits per heavy atom. The monoisotopic (exact) mass is 325 g/mol. The van der Waals surface area contributed by atoms with Gasteiger partial charge in [0.25, 0.3) is 0 Å². The van der Waals surface area contributed by atoms with Gasteiger partial charge < -0.3 is 15.5 Å². The normalized spacial score (nSPS) is 12.2. The smallest absolute Gasteiger partial charge is 0.339 e. The maximum Gasteiger partial charge on any atom is 0.339 e. The van der Waals surface area contributed by atoms with E-state index in [1.165, 1.54) is 6.07 Å². The second-order valence-electron chi connectivity index (χ2n) is 3.27. The molecule has 1 unspecified atom stereocenters. The van der Waals surface area contributed by atoms with Crippen molar-refractivity contribution < 1.29 is 19.4 Å². The van der Waals surface area contributed by atoms with Crippen LogP contribution < -0.4 is 5.32 Å².